The highest BCUT2D eigenvalue weighted by molar-refractivity contribution is 7.48. The minimum absolute atomic E-state index is 0.134. The van der Waals surface area contributed by atoms with E-state index in [1.54, 1.807) is 0 Å². The molecule has 274 valence electrons. The zero-order valence-electron chi connectivity index (χ0n) is 33.4. The number of benzene rings is 6. The number of hydrogen-bond donors (Lipinski definition) is 1. The number of fused-ring (bicyclic) bond motifs is 7. The Labute approximate surface area is 315 Å². The first-order valence-electron chi connectivity index (χ1n) is 18.7. The van der Waals surface area contributed by atoms with Gasteiger partial charge in [-0.1, -0.05) is 168 Å². The molecular formula is C48H53O4P. The number of phosphoric acid groups is 1. The Hall–Kier alpha value is -4.37. The molecule has 7 rings (SSSR count). The molecule has 1 aliphatic heterocycles. The lowest BCUT2D eigenvalue weighted by Gasteiger charge is -2.27. The summed E-state index contributed by atoms with van der Waals surface area (Å²) in [5.74, 6) is 0.695. The van der Waals surface area contributed by atoms with Crippen molar-refractivity contribution >= 4 is 29.4 Å². The molecule has 1 heterocycles. The summed E-state index contributed by atoms with van der Waals surface area (Å²) < 4.78 is 27.1. The Morgan fingerprint density at radius 3 is 1.06 bits per heavy atom. The van der Waals surface area contributed by atoms with Crippen LogP contribution in [0.1, 0.15) is 105 Å². The first-order valence-corrected chi connectivity index (χ1v) is 20.2. The minimum atomic E-state index is -4.72. The quantitative estimate of drug-likeness (QED) is 0.181. The molecule has 0 bridgehead atoms. The molecule has 6 aromatic rings. The summed E-state index contributed by atoms with van der Waals surface area (Å²) in [5.41, 5.74) is 9.05. The van der Waals surface area contributed by atoms with Crippen molar-refractivity contribution in [3.8, 4) is 44.9 Å². The molecule has 0 radical (unpaired) electrons. The van der Waals surface area contributed by atoms with Crippen LogP contribution in [0, 0.1) is 0 Å². The maximum atomic E-state index is 14.4. The monoisotopic (exact) mass is 724 g/mol. The van der Waals surface area contributed by atoms with Crippen molar-refractivity contribution in [1.29, 1.82) is 0 Å². The smallest absolute Gasteiger partial charge is 0.394 e. The molecule has 0 fully saturated rings. The normalized spacial score (nSPS) is 14.7. The molecule has 1 N–H and O–H groups in total. The third-order valence-electron chi connectivity index (χ3n) is 10.6. The first kappa shape index (κ1) is 37.0. The maximum Gasteiger partial charge on any atom is 0.584 e. The number of phosphoric ester groups is 1. The summed E-state index contributed by atoms with van der Waals surface area (Å²) in [6.45, 7) is 26.6. The van der Waals surface area contributed by atoms with Gasteiger partial charge < -0.3 is 9.05 Å². The van der Waals surface area contributed by atoms with Crippen LogP contribution in [0.25, 0.3) is 54.9 Å². The van der Waals surface area contributed by atoms with Gasteiger partial charge in [0.2, 0.25) is 0 Å². The highest BCUT2D eigenvalue weighted by Gasteiger charge is 2.38. The fraction of sp³-hybridized carbons (Fsp3) is 0.333. The lowest BCUT2D eigenvalue weighted by Crippen LogP contribution is -2.16. The van der Waals surface area contributed by atoms with Crippen LogP contribution in [0.2, 0.25) is 0 Å². The summed E-state index contributed by atoms with van der Waals surface area (Å²) >= 11 is 0. The molecule has 4 nitrogen and oxygen atoms in total. The van der Waals surface area contributed by atoms with Gasteiger partial charge in [0, 0.05) is 22.3 Å². The van der Waals surface area contributed by atoms with Crippen LogP contribution < -0.4 is 9.05 Å². The van der Waals surface area contributed by atoms with Crippen LogP contribution in [0.3, 0.4) is 0 Å². The Balaban J connectivity index is 1.67. The Bertz CT molecular complexity index is 2240. The molecular weight excluding hydrogens is 671 g/mol. The van der Waals surface area contributed by atoms with Gasteiger partial charge in [0.15, 0.2) is 0 Å². The summed E-state index contributed by atoms with van der Waals surface area (Å²) in [6.07, 6.45) is 0. The van der Waals surface area contributed by atoms with Gasteiger partial charge in [0.05, 0.1) is 0 Å². The van der Waals surface area contributed by atoms with Crippen LogP contribution in [-0.2, 0) is 26.2 Å². The van der Waals surface area contributed by atoms with E-state index in [1.165, 1.54) is 22.3 Å². The van der Waals surface area contributed by atoms with Crippen molar-refractivity contribution in [2.45, 2.75) is 105 Å². The van der Waals surface area contributed by atoms with E-state index in [1.807, 2.05) is 24.3 Å². The van der Waals surface area contributed by atoms with Crippen molar-refractivity contribution in [2.75, 3.05) is 0 Å². The third-order valence-corrected chi connectivity index (χ3v) is 11.4. The van der Waals surface area contributed by atoms with Crippen LogP contribution in [0.5, 0.6) is 11.5 Å². The van der Waals surface area contributed by atoms with E-state index in [9.17, 15) is 9.46 Å². The standard InChI is InChI=1S/C48H53O4P/c1-45(2,3)33-21-31(22-34(27-33)46(4,5)6)39-25-29-17-13-15-19-37(29)41-42-38-20-16-14-18-30(38)26-40(44(42)52-53(49,50)51-43(39)41)32-23-35(47(7,8)9)28-36(24-32)48(10,11)12/h13-28H,1-12H3,(H,49,50). The van der Waals surface area contributed by atoms with Crippen molar-refractivity contribution in [3.63, 3.8) is 0 Å². The van der Waals surface area contributed by atoms with E-state index in [-0.39, 0.29) is 21.7 Å². The third kappa shape index (κ3) is 6.93. The van der Waals surface area contributed by atoms with Crippen molar-refractivity contribution in [1.82, 2.24) is 0 Å². The predicted octanol–water partition coefficient (Wildman–Crippen LogP) is 14.1. The average molecular weight is 725 g/mol. The molecule has 0 saturated carbocycles. The van der Waals surface area contributed by atoms with Crippen molar-refractivity contribution < 1.29 is 18.5 Å². The molecule has 0 unspecified atom stereocenters. The van der Waals surface area contributed by atoms with E-state index in [2.05, 4.69) is 156 Å². The Kier molecular flexibility index (Phi) is 8.60. The van der Waals surface area contributed by atoms with Gasteiger partial charge in [-0.15, -0.1) is 0 Å². The molecule has 0 spiro atoms. The topological polar surface area (TPSA) is 55.8 Å². The Morgan fingerprint density at radius 2 is 0.755 bits per heavy atom. The summed E-state index contributed by atoms with van der Waals surface area (Å²) in [7, 11) is -4.72. The summed E-state index contributed by atoms with van der Waals surface area (Å²) in [4.78, 5) is 11.8. The van der Waals surface area contributed by atoms with Gasteiger partial charge in [-0.2, -0.15) is 0 Å². The molecule has 53 heavy (non-hydrogen) atoms. The van der Waals surface area contributed by atoms with E-state index in [4.69, 9.17) is 9.05 Å². The molecule has 0 amide bonds. The van der Waals surface area contributed by atoms with Gasteiger partial charge in [-0.05, 0) is 88.7 Å². The van der Waals surface area contributed by atoms with Gasteiger partial charge in [-0.25, -0.2) is 4.57 Å². The molecule has 0 atom stereocenters. The van der Waals surface area contributed by atoms with Crippen LogP contribution in [-0.4, -0.2) is 4.89 Å². The lowest BCUT2D eigenvalue weighted by molar-refractivity contribution is 0.295. The zero-order valence-corrected chi connectivity index (χ0v) is 34.3. The van der Waals surface area contributed by atoms with Crippen LogP contribution >= 0.6 is 7.82 Å². The fourth-order valence-corrected chi connectivity index (χ4v) is 8.20. The molecule has 0 aliphatic carbocycles. The molecule has 0 aromatic heterocycles. The van der Waals surface area contributed by atoms with E-state index < -0.39 is 7.82 Å². The largest absolute Gasteiger partial charge is 0.584 e. The maximum absolute atomic E-state index is 14.4. The van der Waals surface area contributed by atoms with Crippen LogP contribution in [0.15, 0.2) is 97.1 Å². The fourth-order valence-electron chi connectivity index (χ4n) is 7.32. The van der Waals surface area contributed by atoms with Crippen molar-refractivity contribution in [3.05, 3.63) is 119 Å². The highest BCUT2D eigenvalue weighted by atomic mass is 31.2. The molecule has 5 heteroatoms. The van der Waals surface area contributed by atoms with E-state index in [0.717, 1.165) is 54.9 Å². The second-order valence-corrected chi connectivity index (χ2v) is 20.3. The van der Waals surface area contributed by atoms with E-state index in [0.29, 0.717) is 11.5 Å². The summed E-state index contributed by atoms with van der Waals surface area (Å²) in [5, 5.41) is 3.84. The van der Waals surface area contributed by atoms with Crippen LogP contribution in [0.4, 0.5) is 0 Å². The number of rotatable bonds is 2. The van der Waals surface area contributed by atoms with Crippen molar-refractivity contribution in [2.24, 2.45) is 0 Å². The zero-order chi connectivity index (χ0) is 38.5. The minimum Gasteiger partial charge on any atom is -0.394 e. The van der Waals surface area contributed by atoms with E-state index >= 15 is 0 Å². The lowest BCUT2D eigenvalue weighted by atomic mass is 9.78. The van der Waals surface area contributed by atoms with Gasteiger partial charge in [-0.3, -0.25) is 4.89 Å². The number of hydrogen-bond acceptors (Lipinski definition) is 3. The average Bonchev–Trinajstić information content (AvgIpc) is 3.18. The summed E-state index contributed by atoms with van der Waals surface area (Å²) in [6, 6.07) is 34.1. The predicted molar refractivity (Wildman–Crippen MR) is 224 cm³/mol. The van der Waals surface area contributed by atoms with Gasteiger partial charge >= 0.3 is 7.82 Å². The van der Waals surface area contributed by atoms with Gasteiger partial charge in [0.1, 0.15) is 11.5 Å². The Morgan fingerprint density at radius 1 is 0.453 bits per heavy atom. The van der Waals surface area contributed by atoms with Gasteiger partial charge in [0.25, 0.3) is 0 Å². The highest BCUT2D eigenvalue weighted by Crippen LogP contribution is 2.62. The SMILES string of the molecule is CC(C)(C)c1cc(-c2cc3ccccc3c3c2OP(=O)(O)Oc2c(-c4cc(C(C)(C)C)cc(C(C)(C)C)c4)cc4ccccc4c2-3)cc(C(C)(C)C)c1. The second kappa shape index (κ2) is 12.3. The molecule has 0 saturated heterocycles. The first-order chi connectivity index (χ1) is 24.5. The second-order valence-electron chi connectivity index (χ2n) is 18.9. The molecule has 6 aromatic carbocycles. The molecule has 1 aliphatic rings.